The van der Waals surface area contributed by atoms with Gasteiger partial charge in [0.25, 0.3) is 0 Å². The molecule has 0 aromatic heterocycles. The van der Waals surface area contributed by atoms with E-state index in [-0.39, 0.29) is 11.6 Å². The standard InChI is InChI=1S/C14H15NO5/c1-4-19-8-10-14(16)20-13(15-10)9-5-6-11(17-2)12(7-9)18-3/h5-8H,4H2,1-3H3/b10-8-. The Morgan fingerprint density at radius 1 is 1.25 bits per heavy atom. The maximum atomic E-state index is 11.6. The zero-order chi connectivity index (χ0) is 14.5. The van der Waals surface area contributed by atoms with Crippen molar-refractivity contribution < 1.29 is 23.7 Å². The second-order valence-corrected chi connectivity index (χ2v) is 3.83. The zero-order valence-electron chi connectivity index (χ0n) is 11.5. The van der Waals surface area contributed by atoms with Crippen molar-refractivity contribution in [1.82, 2.24) is 0 Å². The average molecular weight is 277 g/mol. The van der Waals surface area contributed by atoms with E-state index in [1.54, 1.807) is 25.3 Å². The van der Waals surface area contributed by atoms with Crippen molar-refractivity contribution in [1.29, 1.82) is 0 Å². The van der Waals surface area contributed by atoms with E-state index in [0.29, 0.717) is 23.7 Å². The van der Waals surface area contributed by atoms with Crippen molar-refractivity contribution in [2.45, 2.75) is 6.92 Å². The highest BCUT2D eigenvalue weighted by Gasteiger charge is 2.25. The van der Waals surface area contributed by atoms with E-state index in [1.165, 1.54) is 13.4 Å². The topological polar surface area (TPSA) is 66.3 Å². The van der Waals surface area contributed by atoms with Crippen LogP contribution in [-0.4, -0.2) is 32.7 Å². The molecule has 0 fully saturated rings. The van der Waals surface area contributed by atoms with Crippen molar-refractivity contribution in [3.8, 4) is 11.5 Å². The van der Waals surface area contributed by atoms with Crippen molar-refractivity contribution in [2.24, 2.45) is 4.99 Å². The minimum atomic E-state index is -0.539. The summed E-state index contributed by atoms with van der Waals surface area (Å²) in [5.74, 6) is 0.794. The number of cyclic esters (lactones) is 1. The maximum Gasteiger partial charge on any atom is 0.367 e. The summed E-state index contributed by atoms with van der Waals surface area (Å²) >= 11 is 0. The highest BCUT2D eigenvalue weighted by Crippen LogP contribution is 2.29. The number of esters is 1. The molecule has 1 aliphatic rings. The molecule has 1 aliphatic heterocycles. The largest absolute Gasteiger partial charge is 0.499 e. The Bertz CT molecular complexity index is 577. The number of carbonyl (C=O) groups is 1. The SMILES string of the molecule is CCO/C=C1\N=C(c2ccc(OC)c(OC)c2)OC1=O. The lowest BCUT2D eigenvalue weighted by molar-refractivity contribution is -0.130. The van der Waals surface area contributed by atoms with Gasteiger partial charge in [-0.1, -0.05) is 0 Å². The van der Waals surface area contributed by atoms with E-state index >= 15 is 0 Å². The quantitative estimate of drug-likeness (QED) is 0.467. The number of benzene rings is 1. The molecule has 0 atom stereocenters. The molecule has 20 heavy (non-hydrogen) atoms. The second-order valence-electron chi connectivity index (χ2n) is 3.83. The molecule has 2 rings (SSSR count). The maximum absolute atomic E-state index is 11.6. The van der Waals surface area contributed by atoms with Crippen LogP contribution in [0.5, 0.6) is 11.5 Å². The summed E-state index contributed by atoms with van der Waals surface area (Å²) < 4.78 is 20.5. The predicted molar refractivity (Wildman–Crippen MR) is 71.9 cm³/mol. The number of aliphatic imine (C=N–C) groups is 1. The Hall–Kier alpha value is -2.50. The van der Waals surface area contributed by atoms with E-state index in [9.17, 15) is 4.79 Å². The van der Waals surface area contributed by atoms with Crippen LogP contribution in [0.2, 0.25) is 0 Å². The molecule has 0 aliphatic carbocycles. The molecule has 6 heteroatoms. The van der Waals surface area contributed by atoms with Crippen LogP contribution in [0.3, 0.4) is 0 Å². The van der Waals surface area contributed by atoms with Crippen LogP contribution in [0.15, 0.2) is 35.2 Å². The molecule has 1 aromatic rings. The summed E-state index contributed by atoms with van der Waals surface area (Å²) in [5, 5.41) is 0. The highest BCUT2D eigenvalue weighted by atomic mass is 16.6. The lowest BCUT2D eigenvalue weighted by atomic mass is 10.2. The van der Waals surface area contributed by atoms with Gasteiger partial charge in [0, 0.05) is 5.56 Å². The smallest absolute Gasteiger partial charge is 0.367 e. The molecule has 1 aromatic carbocycles. The number of rotatable bonds is 5. The van der Waals surface area contributed by atoms with Gasteiger partial charge >= 0.3 is 5.97 Å². The Labute approximate surface area is 116 Å². The van der Waals surface area contributed by atoms with Gasteiger partial charge in [0.15, 0.2) is 17.2 Å². The molecular weight excluding hydrogens is 262 g/mol. The number of nitrogens with zero attached hydrogens (tertiary/aromatic N) is 1. The minimum absolute atomic E-state index is 0.136. The summed E-state index contributed by atoms with van der Waals surface area (Å²) in [6.07, 6.45) is 1.29. The van der Waals surface area contributed by atoms with Gasteiger partial charge in [0.2, 0.25) is 5.90 Å². The van der Waals surface area contributed by atoms with E-state index in [2.05, 4.69) is 4.99 Å². The van der Waals surface area contributed by atoms with Crippen molar-refractivity contribution in [2.75, 3.05) is 20.8 Å². The van der Waals surface area contributed by atoms with Gasteiger partial charge in [0.1, 0.15) is 6.26 Å². The van der Waals surface area contributed by atoms with Gasteiger partial charge < -0.3 is 18.9 Å². The van der Waals surface area contributed by atoms with Crippen LogP contribution in [0.4, 0.5) is 0 Å². The van der Waals surface area contributed by atoms with Crippen LogP contribution >= 0.6 is 0 Å². The Kier molecular flexibility index (Phi) is 4.24. The first kappa shape index (κ1) is 13.9. The summed E-state index contributed by atoms with van der Waals surface area (Å²) in [4.78, 5) is 15.7. The van der Waals surface area contributed by atoms with Gasteiger partial charge in [-0.05, 0) is 25.1 Å². The fourth-order valence-corrected chi connectivity index (χ4v) is 1.65. The van der Waals surface area contributed by atoms with Crippen molar-refractivity contribution in [3.63, 3.8) is 0 Å². The van der Waals surface area contributed by atoms with Gasteiger partial charge in [-0.2, -0.15) is 0 Å². The third kappa shape index (κ3) is 2.74. The number of carbonyl (C=O) groups excluding carboxylic acids is 1. The fraction of sp³-hybridized carbons (Fsp3) is 0.286. The molecule has 0 bridgehead atoms. The molecule has 0 unspecified atom stereocenters. The normalized spacial score (nSPS) is 15.8. The van der Waals surface area contributed by atoms with Crippen LogP contribution in [-0.2, 0) is 14.3 Å². The summed E-state index contributed by atoms with van der Waals surface area (Å²) in [6.45, 7) is 2.27. The predicted octanol–water partition coefficient (Wildman–Crippen LogP) is 1.89. The van der Waals surface area contributed by atoms with Crippen LogP contribution < -0.4 is 9.47 Å². The molecular formula is C14H15NO5. The molecule has 1 heterocycles. The number of methoxy groups -OCH3 is 2. The van der Waals surface area contributed by atoms with Crippen LogP contribution in [0.1, 0.15) is 12.5 Å². The Balaban J connectivity index is 2.31. The summed E-state index contributed by atoms with van der Waals surface area (Å²) in [6, 6.07) is 5.14. The molecule has 0 saturated carbocycles. The van der Waals surface area contributed by atoms with Crippen LogP contribution in [0.25, 0.3) is 0 Å². The van der Waals surface area contributed by atoms with E-state index in [1.807, 2.05) is 6.92 Å². The molecule has 0 radical (unpaired) electrons. The van der Waals surface area contributed by atoms with Gasteiger partial charge in [-0.25, -0.2) is 9.79 Å². The molecule has 0 N–H and O–H groups in total. The van der Waals surface area contributed by atoms with E-state index in [4.69, 9.17) is 18.9 Å². The first-order valence-electron chi connectivity index (χ1n) is 6.04. The molecule has 106 valence electrons. The minimum Gasteiger partial charge on any atom is -0.499 e. The first-order valence-corrected chi connectivity index (χ1v) is 6.04. The highest BCUT2D eigenvalue weighted by molar-refractivity contribution is 6.11. The van der Waals surface area contributed by atoms with Gasteiger partial charge in [-0.15, -0.1) is 0 Å². The fourth-order valence-electron chi connectivity index (χ4n) is 1.65. The molecule has 0 amide bonds. The summed E-state index contributed by atoms with van der Waals surface area (Å²) in [7, 11) is 3.08. The van der Waals surface area contributed by atoms with Gasteiger partial charge in [-0.3, -0.25) is 0 Å². The average Bonchev–Trinajstić information content (AvgIpc) is 2.85. The van der Waals surface area contributed by atoms with Crippen molar-refractivity contribution >= 4 is 11.9 Å². The lowest BCUT2D eigenvalue weighted by Crippen LogP contribution is -2.06. The third-order valence-corrected chi connectivity index (χ3v) is 2.61. The van der Waals surface area contributed by atoms with Crippen LogP contribution in [0, 0.1) is 0 Å². The molecule has 0 saturated heterocycles. The van der Waals surface area contributed by atoms with E-state index in [0.717, 1.165) is 0 Å². The third-order valence-electron chi connectivity index (χ3n) is 2.61. The lowest BCUT2D eigenvalue weighted by Gasteiger charge is -2.08. The Morgan fingerprint density at radius 2 is 2.00 bits per heavy atom. The second kappa shape index (κ2) is 6.10. The monoisotopic (exact) mass is 277 g/mol. The van der Waals surface area contributed by atoms with Gasteiger partial charge in [0.05, 0.1) is 20.8 Å². The van der Waals surface area contributed by atoms with E-state index < -0.39 is 5.97 Å². The Morgan fingerprint density at radius 3 is 2.65 bits per heavy atom. The molecule has 6 nitrogen and oxygen atoms in total. The van der Waals surface area contributed by atoms with Crippen molar-refractivity contribution in [3.05, 3.63) is 35.7 Å². The number of hydrogen-bond acceptors (Lipinski definition) is 6. The number of hydrogen-bond donors (Lipinski definition) is 0. The number of ether oxygens (including phenoxy) is 4. The summed E-state index contributed by atoms with van der Waals surface area (Å²) in [5.41, 5.74) is 0.757. The zero-order valence-corrected chi connectivity index (χ0v) is 11.5. The molecule has 0 spiro atoms. The first-order chi connectivity index (χ1) is 9.69.